The van der Waals surface area contributed by atoms with Gasteiger partial charge in [0.25, 0.3) is 0 Å². The Morgan fingerprint density at radius 2 is 1.00 bits per heavy atom. The number of fused-ring (bicyclic) bond motifs is 2. The van der Waals surface area contributed by atoms with E-state index in [9.17, 15) is 10.2 Å². The van der Waals surface area contributed by atoms with E-state index in [1.54, 1.807) is 12.1 Å². The molecule has 0 saturated heterocycles. The van der Waals surface area contributed by atoms with Crippen LogP contribution in [0, 0.1) is 13.8 Å². The predicted molar refractivity (Wildman–Crippen MR) is 122 cm³/mol. The number of ether oxygens (including phenoxy) is 2. The third-order valence-corrected chi connectivity index (χ3v) is 5.34. The van der Waals surface area contributed by atoms with Crippen LogP contribution in [0.4, 0.5) is 0 Å². The molecule has 0 unspecified atom stereocenters. The fraction of sp³-hybridized carbons (Fsp3) is 0.231. The summed E-state index contributed by atoms with van der Waals surface area (Å²) in [4.78, 5) is 0. The summed E-state index contributed by atoms with van der Waals surface area (Å²) in [7, 11) is 0. The standard InChI is InChI=1S/C26H26O4/c1-5-29-23-13-21(25(27)17-9-7-15(3)11-19(17)23)22-14-24(30-6-2)20-12-16(4)8-10-18(20)26(22)28/h7-14,27-28H,5-6H2,1-4H3. The summed E-state index contributed by atoms with van der Waals surface area (Å²) in [6, 6.07) is 15.3. The molecule has 0 saturated carbocycles. The number of benzene rings is 4. The van der Waals surface area contributed by atoms with Crippen molar-refractivity contribution >= 4 is 21.5 Å². The molecule has 0 atom stereocenters. The van der Waals surface area contributed by atoms with Crippen molar-refractivity contribution in [3.63, 3.8) is 0 Å². The zero-order chi connectivity index (χ0) is 21.4. The maximum absolute atomic E-state index is 11.1. The zero-order valence-electron chi connectivity index (χ0n) is 17.7. The molecule has 0 amide bonds. The van der Waals surface area contributed by atoms with Gasteiger partial charge in [-0.05, 0) is 52.0 Å². The van der Waals surface area contributed by atoms with Crippen LogP contribution in [0.5, 0.6) is 23.0 Å². The normalized spacial score (nSPS) is 11.2. The Kier molecular flexibility index (Phi) is 5.17. The number of phenols is 2. The molecule has 4 rings (SSSR count). The van der Waals surface area contributed by atoms with Crippen LogP contribution in [0.2, 0.25) is 0 Å². The fourth-order valence-electron chi connectivity index (χ4n) is 3.94. The molecular formula is C26H26O4. The van der Waals surface area contributed by atoms with Crippen LogP contribution in [0.1, 0.15) is 25.0 Å². The average molecular weight is 402 g/mol. The third kappa shape index (κ3) is 3.28. The van der Waals surface area contributed by atoms with Gasteiger partial charge in [0.05, 0.1) is 13.2 Å². The average Bonchev–Trinajstić information content (AvgIpc) is 2.72. The van der Waals surface area contributed by atoms with Gasteiger partial charge in [-0.25, -0.2) is 0 Å². The number of hydrogen-bond donors (Lipinski definition) is 2. The van der Waals surface area contributed by atoms with Gasteiger partial charge in [0.15, 0.2) is 0 Å². The molecule has 2 N–H and O–H groups in total. The van der Waals surface area contributed by atoms with Crippen molar-refractivity contribution in [1.29, 1.82) is 0 Å². The second-order valence-electron chi connectivity index (χ2n) is 7.51. The topological polar surface area (TPSA) is 58.9 Å². The number of phenolic OH excluding ortho intramolecular Hbond substituents is 2. The quantitative estimate of drug-likeness (QED) is 0.401. The molecule has 0 aliphatic rings. The Morgan fingerprint density at radius 3 is 1.37 bits per heavy atom. The van der Waals surface area contributed by atoms with E-state index in [2.05, 4.69) is 0 Å². The first kappa shape index (κ1) is 19.9. The Bertz CT molecular complexity index is 1160. The lowest BCUT2D eigenvalue weighted by atomic mass is 9.94. The Balaban J connectivity index is 2.07. The van der Waals surface area contributed by atoms with Gasteiger partial charge in [0.1, 0.15) is 23.0 Å². The van der Waals surface area contributed by atoms with Gasteiger partial charge in [0.2, 0.25) is 0 Å². The van der Waals surface area contributed by atoms with Crippen molar-refractivity contribution in [3.05, 3.63) is 59.7 Å². The molecule has 0 heterocycles. The summed E-state index contributed by atoms with van der Waals surface area (Å²) in [6.07, 6.45) is 0. The number of rotatable bonds is 5. The molecule has 0 aliphatic heterocycles. The lowest BCUT2D eigenvalue weighted by Gasteiger charge is -2.18. The van der Waals surface area contributed by atoms with Crippen LogP contribution < -0.4 is 9.47 Å². The molecule has 0 fully saturated rings. The SMILES string of the molecule is CCOc1cc(-c2cc(OCC)c3cc(C)ccc3c2O)c(O)c2ccc(C)cc12. The van der Waals surface area contributed by atoms with Crippen molar-refractivity contribution in [1.82, 2.24) is 0 Å². The second-order valence-corrected chi connectivity index (χ2v) is 7.51. The Labute approximate surface area is 176 Å². The van der Waals surface area contributed by atoms with Crippen molar-refractivity contribution in [2.24, 2.45) is 0 Å². The molecular weight excluding hydrogens is 376 g/mol. The van der Waals surface area contributed by atoms with Crippen molar-refractivity contribution in [2.45, 2.75) is 27.7 Å². The Hall–Kier alpha value is -3.40. The van der Waals surface area contributed by atoms with Crippen molar-refractivity contribution in [3.8, 4) is 34.1 Å². The lowest BCUT2D eigenvalue weighted by molar-refractivity contribution is 0.343. The van der Waals surface area contributed by atoms with E-state index in [-0.39, 0.29) is 11.5 Å². The summed E-state index contributed by atoms with van der Waals surface area (Å²) in [5.74, 6) is 1.56. The summed E-state index contributed by atoms with van der Waals surface area (Å²) in [5, 5.41) is 25.3. The highest BCUT2D eigenvalue weighted by Gasteiger charge is 2.20. The smallest absolute Gasteiger partial charge is 0.131 e. The minimum Gasteiger partial charge on any atom is -0.507 e. The van der Waals surface area contributed by atoms with Gasteiger partial charge in [-0.2, -0.15) is 0 Å². The summed E-state index contributed by atoms with van der Waals surface area (Å²) >= 11 is 0. The van der Waals surface area contributed by atoms with Crippen LogP contribution >= 0.6 is 0 Å². The van der Waals surface area contributed by atoms with Crippen LogP contribution in [0.25, 0.3) is 32.7 Å². The van der Waals surface area contributed by atoms with Crippen LogP contribution in [0.3, 0.4) is 0 Å². The van der Waals surface area contributed by atoms with E-state index in [4.69, 9.17) is 9.47 Å². The van der Waals surface area contributed by atoms with Gasteiger partial charge in [-0.1, -0.05) is 35.4 Å². The van der Waals surface area contributed by atoms with Gasteiger partial charge < -0.3 is 19.7 Å². The fourth-order valence-corrected chi connectivity index (χ4v) is 3.94. The molecule has 4 heteroatoms. The van der Waals surface area contributed by atoms with Gasteiger partial charge in [-0.3, -0.25) is 0 Å². The highest BCUT2D eigenvalue weighted by Crippen LogP contribution is 2.48. The highest BCUT2D eigenvalue weighted by atomic mass is 16.5. The molecule has 0 aliphatic carbocycles. The van der Waals surface area contributed by atoms with Gasteiger partial charge >= 0.3 is 0 Å². The highest BCUT2D eigenvalue weighted by molar-refractivity contribution is 6.04. The van der Waals surface area contributed by atoms with Crippen molar-refractivity contribution in [2.75, 3.05) is 13.2 Å². The monoisotopic (exact) mass is 402 g/mol. The van der Waals surface area contributed by atoms with Crippen LogP contribution in [0.15, 0.2) is 48.5 Å². The lowest BCUT2D eigenvalue weighted by Crippen LogP contribution is -1.96. The van der Waals surface area contributed by atoms with Gasteiger partial charge in [0, 0.05) is 32.7 Å². The second kappa shape index (κ2) is 7.79. The first-order valence-electron chi connectivity index (χ1n) is 10.2. The van der Waals surface area contributed by atoms with E-state index < -0.39 is 0 Å². The maximum Gasteiger partial charge on any atom is 0.131 e. The molecule has 0 spiro atoms. The summed E-state index contributed by atoms with van der Waals surface area (Å²) < 4.78 is 11.8. The third-order valence-electron chi connectivity index (χ3n) is 5.34. The molecule has 0 radical (unpaired) electrons. The molecule has 4 nitrogen and oxygen atoms in total. The molecule has 0 bridgehead atoms. The van der Waals surface area contributed by atoms with E-state index in [1.807, 2.05) is 64.1 Å². The van der Waals surface area contributed by atoms with E-state index in [1.165, 1.54) is 0 Å². The predicted octanol–water partition coefficient (Wildman–Crippen LogP) is 6.49. The minimum atomic E-state index is 0.109. The summed E-state index contributed by atoms with van der Waals surface area (Å²) in [6.45, 7) is 8.87. The number of hydrogen-bond acceptors (Lipinski definition) is 4. The molecule has 4 aromatic rings. The number of aromatic hydroxyl groups is 2. The maximum atomic E-state index is 11.1. The number of aryl methyl sites for hydroxylation is 2. The molecule has 30 heavy (non-hydrogen) atoms. The minimum absolute atomic E-state index is 0.109. The first-order chi connectivity index (χ1) is 14.4. The zero-order valence-corrected chi connectivity index (χ0v) is 17.7. The Morgan fingerprint density at radius 1 is 0.600 bits per heavy atom. The molecule has 154 valence electrons. The van der Waals surface area contributed by atoms with Gasteiger partial charge in [-0.15, -0.1) is 0 Å². The first-order valence-corrected chi connectivity index (χ1v) is 10.2. The van der Waals surface area contributed by atoms with Crippen molar-refractivity contribution < 1.29 is 19.7 Å². The molecule has 4 aromatic carbocycles. The van der Waals surface area contributed by atoms with E-state index >= 15 is 0 Å². The van der Waals surface area contributed by atoms with Crippen LogP contribution in [-0.4, -0.2) is 23.4 Å². The summed E-state index contributed by atoms with van der Waals surface area (Å²) in [5.41, 5.74) is 3.18. The van der Waals surface area contributed by atoms with E-state index in [0.717, 1.165) is 21.9 Å². The van der Waals surface area contributed by atoms with E-state index in [0.29, 0.717) is 46.6 Å². The van der Waals surface area contributed by atoms with Crippen LogP contribution in [-0.2, 0) is 0 Å². The largest absolute Gasteiger partial charge is 0.507 e. The molecule has 0 aromatic heterocycles.